The Morgan fingerprint density at radius 3 is 2.41 bits per heavy atom. The minimum atomic E-state index is -0.127. The van der Waals surface area contributed by atoms with Crippen molar-refractivity contribution < 1.29 is 9.13 Å². The molecule has 0 amide bonds. The van der Waals surface area contributed by atoms with E-state index < -0.39 is 0 Å². The molecule has 0 unspecified atom stereocenters. The average molecular weight is 367 g/mol. The molecule has 1 saturated carbocycles. The lowest BCUT2D eigenvalue weighted by Gasteiger charge is -2.28. The summed E-state index contributed by atoms with van der Waals surface area (Å²) in [4.78, 5) is 0. The molecule has 1 aliphatic carbocycles. The van der Waals surface area contributed by atoms with E-state index in [1.807, 2.05) is 25.1 Å². The molecule has 0 aromatic heterocycles. The highest BCUT2D eigenvalue weighted by molar-refractivity contribution is 5.65. The topological polar surface area (TPSA) is 9.23 Å². The van der Waals surface area contributed by atoms with Gasteiger partial charge in [0, 0.05) is 12.2 Å². The molecule has 0 radical (unpaired) electrons. The third-order valence-electron chi connectivity index (χ3n) is 5.64. The van der Waals surface area contributed by atoms with Crippen molar-refractivity contribution in [3.8, 4) is 11.1 Å². The molecular weight excluding hydrogens is 335 g/mol. The molecule has 0 atom stereocenters. The van der Waals surface area contributed by atoms with Gasteiger partial charge in [-0.1, -0.05) is 48.6 Å². The van der Waals surface area contributed by atoms with E-state index in [1.54, 1.807) is 6.07 Å². The Morgan fingerprint density at radius 1 is 1.04 bits per heavy atom. The normalized spacial score (nSPS) is 20.3. The third kappa shape index (κ3) is 5.29. The number of aryl methyl sites for hydroxylation is 1. The molecule has 2 aromatic carbocycles. The van der Waals surface area contributed by atoms with Gasteiger partial charge in [0.15, 0.2) is 0 Å². The predicted molar refractivity (Wildman–Crippen MR) is 112 cm³/mol. The highest BCUT2D eigenvalue weighted by atomic mass is 19.1. The van der Waals surface area contributed by atoms with Crippen molar-refractivity contribution in [1.82, 2.24) is 0 Å². The van der Waals surface area contributed by atoms with E-state index in [0.717, 1.165) is 43.4 Å². The van der Waals surface area contributed by atoms with E-state index in [9.17, 15) is 4.39 Å². The molecule has 0 N–H and O–H groups in total. The fraction of sp³-hybridized carbons (Fsp3) is 0.440. The first-order valence-electron chi connectivity index (χ1n) is 10.3. The van der Waals surface area contributed by atoms with Crippen LogP contribution in [0.1, 0.15) is 63.0 Å². The smallest absolute Gasteiger partial charge is 0.131 e. The van der Waals surface area contributed by atoms with Crippen LogP contribution in [0.3, 0.4) is 0 Å². The van der Waals surface area contributed by atoms with Crippen LogP contribution in [-0.4, -0.2) is 12.7 Å². The van der Waals surface area contributed by atoms with Gasteiger partial charge in [0.1, 0.15) is 5.82 Å². The Hall–Kier alpha value is -1.93. The molecule has 0 saturated heterocycles. The highest BCUT2D eigenvalue weighted by Gasteiger charge is 2.22. The summed E-state index contributed by atoms with van der Waals surface area (Å²) in [6.45, 7) is 4.89. The van der Waals surface area contributed by atoms with Crippen LogP contribution in [0, 0.1) is 5.82 Å². The first-order valence-corrected chi connectivity index (χ1v) is 10.3. The predicted octanol–water partition coefficient (Wildman–Crippen LogP) is 7.06. The van der Waals surface area contributed by atoms with Crippen molar-refractivity contribution in [3.63, 3.8) is 0 Å². The average Bonchev–Trinajstić information content (AvgIpc) is 2.69. The van der Waals surface area contributed by atoms with Crippen LogP contribution in [0.15, 0.2) is 54.6 Å². The van der Waals surface area contributed by atoms with Gasteiger partial charge in [0.2, 0.25) is 0 Å². The van der Waals surface area contributed by atoms with Crippen LogP contribution in [-0.2, 0) is 11.2 Å². The van der Waals surface area contributed by atoms with Gasteiger partial charge in [-0.25, -0.2) is 4.39 Å². The van der Waals surface area contributed by atoms with E-state index in [4.69, 9.17) is 4.74 Å². The summed E-state index contributed by atoms with van der Waals surface area (Å²) >= 11 is 0. The number of hydrogen-bond donors (Lipinski definition) is 0. The summed E-state index contributed by atoms with van der Waals surface area (Å²) in [6, 6.07) is 14.2. The van der Waals surface area contributed by atoms with Gasteiger partial charge in [-0.2, -0.15) is 0 Å². The minimum absolute atomic E-state index is 0.127. The third-order valence-corrected chi connectivity index (χ3v) is 5.64. The zero-order valence-corrected chi connectivity index (χ0v) is 16.6. The second kappa shape index (κ2) is 9.85. The molecule has 3 rings (SSSR count). The van der Waals surface area contributed by atoms with Gasteiger partial charge in [-0.3, -0.25) is 0 Å². The van der Waals surface area contributed by atoms with Gasteiger partial charge in [0.05, 0.1) is 6.10 Å². The SMILES string of the molecule is C/C=C/CCc1ccc(-c2ccc(C3CCC(OCC)CC3)cc2)c(F)c1. The summed E-state index contributed by atoms with van der Waals surface area (Å²) < 4.78 is 20.3. The fourth-order valence-electron chi connectivity index (χ4n) is 4.10. The van der Waals surface area contributed by atoms with Crippen molar-refractivity contribution in [2.24, 2.45) is 0 Å². The zero-order valence-electron chi connectivity index (χ0n) is 16.6. The molecule has 0 spiro atoms. The number of benzene rings is 2. The van der Waals surface area contributed by atoms with Crippen LogP contribution in [0.4, 0.5) is 4.39 Å². The minimum Gasteiger partial charge on any atom is -0.379 e. The largest absolute Gasteiger partial charge is 0.379 e. The van der Waals surface area contributed by atoms with Crippen molar-refractivity contribution >= 4 is 0 Å². The number of halogens is 1. The number of hydrogen-bond acceptors (Lipinski definition) is 1. The first kappa shape index (κ1) is 19.8. The van der Waals surface area contributed by atoms with E-state index in [1.165, 1.54) is 18.4 Å². The lowest BCUT2D eigenvalue weighted by atomic mass is 9.82. The second-order valence-corrected chi connectivity index (χ2v) is 7.47. The maximum atomic E-state index is 14.6. The number of allylic oxidation sites excluding steroid dienone is 2. The lowest BCUT2D eigenvalue weighted by Crippen LogP contribution is -2.20. The maximum Gasteiger partial charge on any atom is 0.131 e. The Balaban J connectivity index is 1.65. The molecule has 1 aliphatic rings. The molecule has 1 nitrogen and oxygen atoms in total. The number of rotatable bonds is 7. The number of ether oxygens (including phenoxy) is 1. The van der Waals surface area contributed by atoms with E-state index in [2.05, 4.69) is 37.3 Å². The molecule has 0 bridgehead atoms. The molecule has 0 heterocycles. The summed E-state index contributed by atoms with van der Waals surface area (Å²) in [5.41, 5.74) is 4.07. The van der Waals surface area contributed by atoms with Crippen LogP contribution < -0.4 is 0 Å². The molecule has 0 aliphatic heterocycles. The van der Waals surface area contributed by atoms with Crippen molar-refractivity contribution in [1.29, 1.82) is 0 Å². The Morgan fingerprint density at radius 2 is 1.78 bits per heavy atom. The fourth-order valence-corrected chi connectivity index (χ4v) is 4.10. The van der Waals surface area contributed by atoms with Crippen LogP contribution in [0.2, 0.25) is 0 Å². The highest BCUT2D eigenvalue weighted by Crippen LogP contribution is 2.35. The standard InChI is InChI=1S/C25H31FO/c1-3-5-6-7-19-8-17-24(25(26)18-19)22-11-9-20(10-12-22)21-13-15-23(16-14-21)27-4-2/h3,5,8-12,17-18,21,23H,4,6-7,13-16H2,1-2H3/b5-3+. The van der Waals surface area contributed by atoms with Crippen LogP contribution >= 0.6 is 0 Å². The summed E-state index contributed by atoms with van der Waals surface area (Å²) in [6.07, 6.45) is 11.1. The van der Waals surface area contributed by atoms with Crippen molar-refractivity contribution in [3.05, 3.63) is 71.6 Å². The van der Waals surface area contributed by atoms with E-state index in [-0.39, 0.29) is 5.82 Å². The monoisotopic (exact) mass is 366 g/mol. The second-order valence-electron chi connectivity index (χ2n) is 7.47. The Labute approximate surface area is 163 Å². The molecule has 2 aromatic rings. The summed E-state index contributed by atoms with van der Waals surface area (Å²) in [5.74, 6) is 0.479. The van der Waals surface area contributed by atoms with E-state index in [0.29, 0.717) is 17.6 Å². The molecule has 144 valence electrons. The maximum absolute atomic E-state index is 14.6. The lowest BCUT2D eigenvalue weighted by molar-refractivity contribution is 0.0328. The summed E-state index contributed by atoms with van der Waals surface area (Å²) in [7, 11) is 0. The molecule has 27 heavy (non-hydrogen) atoms. The van der Waals surface area contributed by atoms with Crippen molar-refractivity contribution in [2.75, 3.05) is 6.61 Å². The van der Waals surface area contributed by atoms with Crippen LogP contribution in [0.25, 0.3) is 11.1 Å². The molecule has 1 fully saturated rings. The van der Waals surface area contributed by atoms with Crippen LogP contribution in [0.5, 0.6) is 0 Å². The Bertz CT molecular complexity index is 739. The summed E-state index contributed by atoms with van der Waals surface area (Å²) in [5, 5.41) is 0. The quantitative estimate of drug-likeness (QED) is 0.476. The zero-order chi connectivity index (χ0) is 19.1. The van der Waals surface area contributed by atoms with E-state index >= 15 is 0 Å². The Kier molecular flexibility index (Phi) is 7.23. The molecular formula is C25H31FO. The van der Waals surface area contributed by atoms with Gasteiger partial charge in [0.25, 0.3) is 0 Å². The van der Waals surface area contributed by atoms with Gasteiger partial charge >= 0.3 is 0 Å². The molecule has 2 heteroatoms. The van der Waals surface area contributed by atoms with Gasteiger partial charge in [-0.15, -0.1) is 0 Å². The van der Waals surface area contributed by atoms with Gasteiger partial charge < -0.3 is 4.74 Å². The van der Waals surface area contributed by atoms with Gasteiger partial charge in [-0.05, 0) is 81.0 Å². The first-order chi connectivity index (χ1) is 13.2. The van der Waals surface area contributed by atoms with Crippen molar-refractivity contribution in [2.45, 2.75) is 64.4 Å².